The molecule has 0 unspecified atom stereocenters. The lowest BCUT2D eigenvalue weighted by molar-refractivity contribution is -0.133. The third kappa shape index (κ3) is 5.09. The summed E-state index contributed by atoms with van der Waals surface area (Å²) in [4.78, 5) is 17.0. The fraction of sp³-hybridized carbons (Fsp3) is 0.650. The molecule has 2 heterocycles. The first-order chi connectivity index (χ1) is 12.9. The van der Waals surface area contributed by atoms with E-state index in [1.54, 1.807) is 16.4 Å². The van der Waals surface area contributed by atoms with Gasteiger partial charge in [-0.25, -0.2) is 8.42 Å². The SMILES string of the molecule is Cc1ccc(S(=O)(=O)N2CCC[C@H](CCC(=O)N3CCN(C)CC3)C2)cc1. The number of rotatable bonds is 5. The minimum Gasteiger partial charge on any atom is -0.340 e. The monoisotopic (exact) mass is 393 g/mol. The van der Waals surface area contributed by atoms with Crippen LogP contribution in [0.25, 0.3) is 0 Å². The molecule has 2 saturated heterocycles. The molecule has 1 atom stereocenters. The number of aryl methyl sites for hydroxylation is 1. The number of nitrogens with zero attached hydrogens (tertiary/aromatic N) is 3. The summed E-state index contributed by atoms with van der Waals surface area (Å²) in [6.45, 7) is 6.49. The Bertz CT molecular complexity index is 740. The van der Waals surface area contributed by atoms with Crippen LogP contribution in [0.1, 0.15) is 31.2 Å². The Morgan fingerprint density at radius 1 is 1.07 bits per heavy atom. The van der Waals surface area contributed by atoms with Gasteiger partial charge in [0.05, 0.1) is 4.90 Å². The van der Waals surface area contributed by atoms with Gasteiger partial charge in [0.15, 0.2) is 0 Å². The summed E-state index contributed by atoms with van der Waals surface area (Å²) >= 11 is 0. The summed E-state index contributed by atoms with van der Waals surface area (Å²) in [5.74, 6) is 0.469. The van der Waals surface area contributed by atoms with Crippen LogP contribution < -0.4 is 0 Å². The second-order valence-corrected chi connectivity index (χ2v) is 9.85. The highest BCUT2D eigenvalue weighted by atomic mass is 32.2. The zero-order valence-electron chi connectivity index (χ0n) is 16.4. The maximum Gasteiger partial charge on any atom is 0.243 e. The summed E-state index contributed by atoms with van der Waals surface area (Å²) < 4.78 is 27.4. The number of carbonyl (C=O) groups is 1. The lowest BCUT2D eigenvalue weighted by atomic mass is 9.94. The van der Waals surface area contributed by atoms with Crippen LogP contribution >= 0.6 is 0 Å². The minimum atomic E-state index is -3.44. The van der Waals surface area contributed by atoms with Crippen LogP contribution in [0, 0.1) is 12.8 Å². The van der Waals surface area contributed by atoms with E-state index < -0.39 is 10.0 Å². The third-order valence-corrected chi connectivity index (χ3v) is 7.64. The van der Waals surface area contributed by atoms with Crippen LogP contribution in [0.5, 0.6) is 0 Å². The van der Waals surface area contributed by atoms with Crippen molar-refractivity contribution in [1.29, 1.82) is 0 Å². The van der Waals surface area contributed by atoms with E-state index in [1.807, 2.05) is 24.0 Å². The normalized spacial score (nSPS) is 22.7. The van der Waals surface area contributed by atoms with Crippen molar-refractivity contribution < 1.29 is 13.2 Å². The number of piperazine rings is 1. The highest BCUT2D eigenvalue weighted by Gasteiger charge is 2.30. The van der Waals surface area contributed by atoms with Crippen molar-refractivity contribution in [2.75, 3.05) is 46.3 Å². The summed E-state index contributed by atoms with van der Waals surface area (Å²) in [6, 6.07) is 7.04. The summed E-state index contributed by atoms with van der Waals surface area (Å²) in [5.41, 5.74) is 1.05. The summed E-state index contributed by atoms with van der Waals surface area (Å²) in [6.07, 6.45) is 3.15. The average molecular weight is 394 g/mol. The topological polar surface area (TPSA) is 60.9 Å². The lowest BCUT2D eigenvalue weighted by Crippen LogP contribution is -2.47. The molecule has 27 heavy (non-hydrogen) atoms. The molecule has 6 nitrogen and oxygen atoms in total. The summed E-state index contributed by atoms with van der Waals surface area (Å²) in [7, 11) is -1.37. The van der Waals surface area contributed by atoms with Crippen molar-refractivity contribution in [3.05, 3.63) is 29.8 Å². The molecule has 2 aliphatic rings. The Labute approximate surface area is 163 Å². The molecule has 0 saturated carbocycles. The van der Waals surface area contributed by atoms with Gasteiger partial charge < -0.3 is 9.80 Å². The predicted octanol–water partition coefficient (Wildman–Crippen LogP) is 1.95. The first-order valence-corrected chi connectivity index (χ1v) is 11.3. The Hall–Kier alpha value is -1.44. The van der Waals surface area contributed by atoms with E-state index in [9.17, 15) is 13.2 Å². The van der Waals surface area contributed by atoms with Crippen LogP contribution in [0.3, 0.4) is 0 Å². The maximum atomic E-state index is 12.9. The van der Waals surface area contributed by atoms with E-state index >= 15 is 0 Å². The summed E-state index contributed by atoms with van der Waals surface area (Å²) in [5, 5.41) is 0. The minimum absolute atomic E-state index is 0.210. The number of piperidine rings is 1. The molecule has 0 N–H and O–H groups in total. The largest absolute Gasteiger partial charge is 0.340 e. The van der Waals surface area contributed by atoms with Crippen molar-refractivity contribution in [2.24, 2.45) is 5.92 Å². The first-order valence-electron chi connectivity index (χ1n) is 9.89. The molecule has 0 bridgehead atoms. The Morgan fingerprint density at radius 3 is 2.41 bits per heavy atom. The maximum absolute atomic E-state index is 12.9. The molecule has 0 spiro atoms. The molecule has 2 fully saturated rings. The molecule has 0 aromatic heterocycles. The second-order valence-electron chi connectivity index (χ2n) is 7.91. The average Bonchev–Trinajstić information content (AvgIpc) is 2.67. The molecule has 1 amide bonds. The zero-order valence-corrected chi connectivity index (χ0v) is 17.2. The Morgan fingerprint density at radius 2 is 1.74 bits per heavy atom. The number of hydrogen-bond donors (Lipinski definition) is 0. The van der Waals surface area contributed by atoms with Gasteiger partial charge in [0.2, 0.25) is 15.9 Å². The number of sulfonamides is 1. The van der Waals surface area contributed by atoms with Crippen LogP contribution in [0.2, 0.25) is 0 Å². The zero-order chi connectivity index (χ0) is 19.4. The van der Waals surface area contributed by atoms with Gasteiger partial charge >= 0.3 is 0 Å². The van der Waals surface area contributed by atoms with E-state index in [0.717, 1.165) is 51.0 Å². The number of amides is 1. The number of benzene rings is 1. The van der Waals surface area contributed by atoms with Gasteiger partial charge in [0.25, 0.3) is 0 Å². The van der Waals surface area contributed by atoms with Gasteiger partial charge in [-0.15, -0.1) is 0 Å². The standard InChI is InChI=1S/C20H31N3O3S/c1-17-5-8-19(9-6-17)27(25,26)23-11-3-4-18(16-23)7-10-20(24)22-14-12-21(2)13-15-22/h5-6,8-9,18H,3-4,7,10-16H2,1-2H3/t18-/m1/s1. The molecule has 1 aromatic rings. The lowest BCUT2D eigenvalue weighted by Gasteiger charge is -2.34. The molecule has 2 aliphatic heterocycles. The number of likely N-dealkylation sites (N-methyl/N-ethyl adjacent to an activating group) is 1. The Balaban J connectivity index is 1.54. The molecule has 150 valence electrons. The Kier molecular flexibility index (Phi) is 6.55. The quantitative estimate of drug-likeness (QED) is 0.767. The highest BCUT2D eigenvalue weighted by molar-refractivity contribution is 7.89. The van der Waals surface area contributed by atoms with Crippen molar-refractivity contribution in [2.45, 2.75) is 37.5 Å². The van der Waals surface area contributed by atoms with E-state index in [4.69, 9.17) is 0 Å². The van der Waals surface area contributed by atoms with Gasteiger partial charge in [0, 0.05) is 45.7 Å². The molecule has 0 aliphatic carbocycles. The van der Waals surface area contributed by atoms with Crippen molar-refractivity contribution in [1.82, 2.24) is 14.1 Å². The van der Waals surface area contributed by atoms with E-state index in [-0.39, 0.29) is 11.8 Å². The van der Waals surface area contributed by atoms with Crippen molar-refractivity contribution >= 4 is 15.9 Å². The van der Waals surface area contributed by atoms with Crippen LogP contribution in [0.4, 0.5) is 0 Å². The third-order valence-electron chi connectivity index (χ3n) is 5.76. The van der Waals surface area contributed by atoms with E-state index in [0.29, 0.717) is 24.4 Å². The molecule has 7 heteroatoms. The molecular formula is C20H31N3O3S. The van der Waals surface area contributed by atoms with E-state index in [1.165, 1.54) is 0 Å². The van der Waals surface area contributed by atoms with Crippen molar-refractivity contribution in [3.63, 3.8) is 0 Å². The fourth-order valence-electron chi connectivity index (χ4n) is 3.88. The van der Waals surface area contributed by atoms with Gasteiger partial charge in [-0.3, -0.25) is 4.79 Å². The van der Waals surface area contributed by atoms with E-state index in [2.05, 4.69) is 11.9 Å². The van der Waals surface area contributed by atoms with Crippen LogP contribution in [-0.4, -0.2) is 74.7 Å². The molecule has 0 radical (unpaired) electrons. The first kappa shape index (κ1) is 20.3. The van der Waals surface area contributed by atoms with Gasteiger partial charge in [-0.05, 0) is 51.3 Å². The van der Waals surface area contributed by atoms with Crippen LogP contribution in [0.15, 0.2) is 29.2 Å². The van der Waals surface area contributed by atoms with Gasteiger partial charge in [-0.1, -0.05) is 17.7 Å². The van der Waals surface area contributed by atoms with Gasteiger partial charge in [0.1, 0.15) is 0 Å². The van der Waals surface area contributed by atoms with Crippen molar-refractivity contribution in [3.8, 4) is 0 Å². The molecule has 1 aromatic carbocycles. The fourth-order valence-corrected chi connectivity index (χ4v) is 5.44. The smallest absolute Gasteiger partial charge is 0.243 e. The second kappa shape index (κ2) is 8.71. The predicted molar refractivity (Wildman–Crippen MR) is 106 cm³/mol. The number of hydrogen-bond acceptors (Lipinski definition) is 4. The van der Waals surface area contributed by atoms with Crippen LogP contribution in [-0.2, 0) is 14.8 Å². The van der Waals surface area contributed by atoms with Gasteiger partial charge in [-0.2, -0.15) is 4.31 Å². The highest BCUT2D eigenvalue weighted by Crippen LogP contribution is 2.26. The molecule has 3 rings (SSSR count). The molecular weight excluding hydrogens is 362 g/mol. The number of carbonyl (C=O) groups excluding carboxylic acids is 1.